The minimum Gasteiger partial charge on any atom is -0.312 e. The van der Waals surface area contributed by atoms with Crippen LogP contribution in [0, 0.1) is 19.8 Å². The van der Waals surface area contributed by atoms with Gasteiger partial charge >= 0.3 is 0 Å². The van der Waals surface area contributed by atoms with Crippen molar-refractivity contribution in [1.29, 1.82) is 0 Å². The number of nitrogens with one attached hydrogen (secondary N) is 1. The van der Waals surface area contributed by atoms with Crippen LogP contribution in [0.4, 0.5) is 0 Å². The summed E-state index contributed by atoms with van der Waals surface area (Å²) in [5.41, 5.74) is 2.45. The molecule has 0 saturated carbocycles. The van der Waals surface area contributed by atoms with Gasteiger partial charge in [0.1, 0.15) is 0 Å². The Bertz CT molecular complexity index is 404. The lowest BCUT2D eigenvalue weighted by molar-refractivity contribution is 0.298. The molecule has 4 heteroatoms. The number of hydrogen-bond donors (Lipinski definition) is 1. The molecule has 1 rings (SSSR count). The Morgan fingerprint density at radius 2 is 1.83 bits per heavy atom. The summed E-state index contributed by atoms with van der Waals surface area (Å²) in [6.07, 6.45) is 0. The highest BCUT2D eigenvalue weighted by atomic mass is 79.9. The van der Waals surface area contributed by atoms with E-state index in [1.54, 1.807) is 0 Å². The van der Waals surface area contributed by atoms with E-state index < -0.39 is 0 Å². The van der Waals surface area contributed by atoms with Crippen LogP contribution in [0.15, 0.2) is 4.47 Å². The monoisotopic (exact) mass is 315 g/mol. The SMILES string of the molecule is Cc1nn(C(C)C(C)CNC(C)(C)C)c(C)c1Br. The molecule has 104 valence electrons. The molecule has 0 aliphatic rings. The van der Waals surface area contributed by atoms with Crippen molar-refractivity contribution < 1.29 is 0 Å². The van der Waals surface area contributed by atoms with Gasteiger partial charge in [0.25, 0.3) is 0 Å². The van der Waals surface area contributed by atoms with Crippen molar-refractivity contribution in [3.8, 4) is 0 Å². The van der Waals surface area contributed by atoms with Crippen LogP contribution in [-0.2, 0) is 0 Å². The molecule has 0 radical (unpaired) electrons. The fourth-order valence-corrected chi connectivity index (χ4v) is 2.18. The van der Waals surface area contributed by atoms with Crippen molar-refractivity contribution in [2.45, 2.75) is 60.0 Å². The van der Waals surface area contributed by atoms with Crippen molar-refractivity contribution >= 4 is 15.9 Å². The third-order valence-electron chi connectivity index (χ3n) is 3.40. The van der Waals surface area contributed by atoms with Gasteiger partial charge in [-0.05, 0) is 63.4 Å². The van der Waals surface area contributed by atoms with E-state index in [9.17, 15) is 0 Å². The van der Waals surface area contributed by atoms with Gasteiger partial charge in [-0.15, -0.1) is 0 Å². The summed E-state index contributed by atoms with van der Waals surface area (Å²) in [7, 11) is 0. The first kappa shape index (κ1) is 15.7. The van der Waals surface area contributed by atoms with Gasteiger partial charge < -0.3 is 5.32 Å². The van der Waals surface area contributed by atoms with Crippen molar-refractivity contribution in [2.75, 3.05) is 6.54 Å². The van der Waals surface area contributed by atoms with Crippen molar-refractivity contribution in [3.63, 3.8) is 0 Å². The molecule has 18 heavy (non-hydrogen) atoms. The third kappa shape index (κ3) is 3.82. The van der Waals surface area contributed by atoms with Gasteiger partial charge in [-0.2, -0.15) is 5.10 Å². The quantitative estimate of drug-likeness (QED) is 0.914. The highest BCUT2D eigenvalue weighted by Gasteiger charge is 2.20. The van der Waals surface area contributed by atoms with E-state index in [1.165, 1.54) is 5.69 Å². The highest BCUT2D eigenvalue weighted by molar-refractivity contribution is 9.10. The average molecular weight is 316 g/mol. The van der Waals surface area contributed by atoms with Gasteiger partial charge in [0.05, 0.1) is 21.9 Å². The maximum atomic E-state index is 4.62. The maximum absolute atomic E-state index is 4.62. The normalized spacial score (nSPS) is 15.8. The smallest absolute Gasteiger partial charge is 0.0738 e. The number of rotatable bonds is 4. The van der Waals surface area contributed by atoms with Crippen LogP contribution >= 0.6 is 15.9 Å². The standard InChI is InChI=1S/C14H26BrN3/c1-9(8-16-14(5,6)7)11(3)18-12(4)13(15)10(2)17-18/h9,11,16H,8H2,1-7H3. The molecule has 2 unspecified atom stereocenters. The zero-order valence-corrected chi connectivity index (χ0v) is 14.2. The Kier molecular flexibility index (Phi) is 5.01. The largest absolute Gasteiger partial charge is 0.312 e. The van der Waals surface area contributed by atoms with Gasteiger partial charge in [-0.3, -0.25) is 4.68 Å². The minimum absolute atomic E-state index is 0.170. The molecule has 0 aliphatic heterocycles. The highest BCUT2D eigenvalue weighted by Crippen LogP contribution is 2.26. The summed E-state index contributed by atoms with van der Waals surface area (Å²) in [4.78, 5) is 0. The molecule has 0 aliphatic carbocycles. The summed E-state index contributed by atoms with van der Waals surface area (Å²) >= 11 is 3.59. The van der Waals surface area contributed by atoms with E-state index in [2.05, 4.69) is 72.6 Å². The van der Waals surface area contributed by atoms with Crippen molar-refractivity contribution in [1.82, 2.24) is 15.1 Å². The molecule has 0 bridgehead atoms. The van der Waals surface area contributed by atoms with E-state index in [4.69, 9.17) is 0 Å². The number of nitrogens with zero attached hydrogens (tertiary/aromatic N) is 2. The number of hydrogen-bond acceptors (Lipinski definition) is 2. The van der Waals surface area contributed by atoms with Crippen LogP contribution in [0.1, 0.15) is 52.0 Å². The molecule has 0 fully saturated rings. The molecule has 1 aromatic rings. The number of aryl methyl sites for hydroxylation is 1. The molecule has 0 aromatic carbocycles. The number of aromatic nitrogens is 2. The fraction of sp³-hybridized carbons (Fsp3) is 0.786. The van der Waals surface area contributed by atoms with Gasteiger partial charge in [0.15, 0.2) is 0 Å². The van der Waals surface area contributed by atoms with Gasteiger partial charge in [-0.25, -0.2) is 0 Å². The predicted octanol–water partition coefficient (Wildman–Crippen LogP) is 3.85. The molecule has 2 atom stereocenters. The predicted molar refractivity (Wildman–Crippen MR) is 81.0 cm³/mol. The molecule has 0 saturated heterocycles. The molecule has 1 N–H and O–H groups in total. The van der Waals surface area contributed by atoms with E-state index in [0.717, 1.165) is 16.7 Å². The van der Waals surface area contributed by atoms with Crippen molar-refractivity contribution in [3.05, 3.63) is 15.9 Å². The summed E-state index contributed by atoms with van der Waals surface area (Å²) in [5.74, 6) is 0.536. The average Bonchev–Trinajstić information content (AvgIpc) is 2.52. The maximum Gasteiger partial charge on any atom is 0.0738 e. The van der Waals surface area contributed by atoms with Crippen LogP contribution in [-0.4, -0.2) is 21.9 Å². The third-order valence-corrected chi connectivity index (χ3v) is 4.55. The van der Waals surface area contributed by atoms with Gasteiger partial charge in [0.2, 0.25) is 0 Å². The second kappa shape index (κ2) is 5.74. The molecule has 1 aromatic heterocycles. The van der Waals surface area contributed by atoms with Crippen LogP contribution < -0.4 is 5.32 Å². The Hall–Kier alpha value is -0.350. The van der Waals surface area contributed by atoms with Crippen LogP contribution in [0.5, 0.6) is 0 Å². The first-order chi connectivity index (χ1) is 8.13. The Morgan fingerprint density at radius 3 is 2.22 bits per heavy atom. The molecular weight excluding hydrogens is 290 g/mol. The zero-order valence-electron chi connectivity index (χ0n) is 12.6. The Morgan fingerprint density at radius 1 is 1.28 bits per heavy atom. The second-order valence-corrected chi connectivity index (χ2v) is 7.07. The van der Waals surface area contributed by atoms with Gasteiger partial charge in [0, 0.05) is 12.1 Å². The summed E-state index contributed by atoms with van der Waals surface area (Å²) in [6, 6.07) is 0.393. The lowest BCUT2D eigenvalue weighted by Crippen LogP contribution is -2.40. The molecule has 0 amide bonds. The lowest BCUT2D eigenvalue weighted by atomic mass is 10.0. The topological polar surface area (TPSA) is 29.9 Å². The summed E-state index contributed by atoms with van der Waals surface area (Å²) < 4.78 is 3.26. The number of halogens is 1. The van der Waals surface area contributed by atoms with E-state index in [0.29, 0.717) is 12.0 Å². The fourth-order valence-electron chi connectivity index (χ4n) is 1.92. The van der Waals surface area contributed by atoms with E-state index >= 15 is 0 Å². The molecule has 1 heterocycles. The summed E-state index contributed by atoms with van der Waals surface area (Å²) in [6.45, 7) is 16.3. The van der Waals surface area contributed by atoms with Crippen LogP contribution in [0.3, 0.4) is 0 Å². The molecule has 0 spiro atoms. The van der Waals surface area contributed by atoms with Crippen molar-refractivity contribution in [2.24, 2.45) is 5.92 Å². The second-order valence-electron chi connectivity index (χ2n) is 6.28. The Balaban J connectivity index is 2.74. The lowest BCUT2D eigenvalue weighted by Gasteiger charge is -2.27. The molecular formula is C14H26BrN3. The first-order valence-corrected chi connectivity index (χ1v) is 7.39. The van der Waals surface area contributed by atoms with E-state index in [1.807, 2.05) is 6.92 Å². The Labute approximate surface area is 119 Å². The van der Waals surface area contributed by atoms with Gasteiger partial charge in [-0.1, -0.05) is 6.92 Å². The van der Waals surface area contributed by atoms with Crippen LogP contribution in [0.2, 0.25) is 0 Å². The van der Waals surface area contributed by atoms with Crippen LogP contribution in [0.25, 0.3) is 0 Å². The minimum atomic E-state index is 0.170. The molecule has 3 nitrogen and oxygen atoms in total. The summed E-state index contributed by atoms with van der Waals surface area (Å²) in [5, 5.41) is 8.18. The first-order valence-electron chi connectivity index (χ1n) is 6.59. The zero-order chi connectivity index (χ0) is 14.1. The van der Waals surface area contributed by atoms with E-state index in [-0.39, 0.29) is 5.54 Å².